The standard InChI is InChI=1S/C13H13N3O2/c17-12(18)11-7-9-15-13(16-11)14-8-6-10-4-2-1-3-5-10/h1-5,7,9H,6,8H2,(H,17,18)(H,14,15,16). The molecule has 1 aromatic heterocycles. The number of benzene rings is 1. The van der Waals surface area contributed by atoms with Crippen molar-refractivity contribution in [2.75, 3.05) is 11.9 Å². The number of hydrogen-bond donors (Lipinski definition) is 2. The first-order chi connectivity index (χ1) is 8.75. The van der Waals surface area contributed by atoms with E-state index < -0.39 is 5.97 Å². The minimum atomic E-state index is -1.05. The van der Waals surface area contributed by atoms with Crippen LogP contribution in [0.2, 0.25) is 0 Å². The Morgan fingerprint density at radius 3 is 2.72 bits per heavy atom. The van der Waals surface area contributed by atoms with Crippen molar-refractivity contribution in [3.8, 4) is 0 Å². The average molecular weight is 243 g/mol. The van der Waals surface area contributed by atoms with E-state index in [0.29, 0.717) is 12.5 Å². The van der Waals surface area contributed by atoms with Gasteiger partial charge in [0.1, 0.15) is 0 Å². The smallest absolute Gasteiger partial charge is 0.354 e. The highest BCUT2D eigenvalue weighted by Gasteiger charge is 2.05. The molecule has 2 rings (SSSR count). The first kappa shape index (κ1) is 12.0. The van der Waals surface area contributed by atoms with Crippen LogP contribution in [0.5, 0.6) is 0 Å². The molecule has 0 aliphatic rings. The molecule has 92 valence electrons. The van der Waals surface area contributed by atoms with Gasteiger partial charge in [0.05, 0.1) is 0 Å². The van der Waals surface area contributed by atoms with Crippen molar-refractivity contribution in [2.45, 2.75) is 6.42 Å². The number of carbonyl (C=O) groups is 1. The van der Waals surface area contributed by atoms with Crippen molar-refractivity contribution in [3.05, 3.63) is 53.9 Å². The maximum Gasteiger partial charge on any atom is 0.354 e. The van der Waals surface area contributed by atoms with Gasteiger partial charge in [-0.15, -0.1) is 0 Å². The summed E-state index contributed by atoms with van der Waals surface area (Å²) in [5.41, 5.74) is 1.20. The Labute approximate surface area is 105 Å². The second-order valence-corrected chi connectivity index (χ2v) is 3.73. The maximum atomic E-state index is 10.7. The van der Waals surface area contributed by atoms with Crippen LogP contribution in [0.4, 0.5) is 5.95 Å². The number of hydrogen-bond acceptors (Lipinski definition) is 4. The molecule has 0 aliphatic heterocycles. The van der Waals surface area contributed by atoms with Crippen LogP contribution < -0.4 is 5.32 Å². The number of rotatable bonds is 5. The molecular formula is C13H13N3O2. The molecule has 0 spiro atoms. The van der Waals surface area contributed by atoms with Crippen LogP contribution in [-0.4, -0.2) is 27.6 Å². The molecule has 2 N–H and O–H groups in total. The molecular weight excluding hydrogens is 230 g/mol. The van der Waals surface area contributed by atoms with Crippen LogP contribution in [0.1, 0.15) is 16.1 Å². The van der Waals surface area contributed by atoms with E-state index in [1.165, 1.54) is 17.8 Å². The van der Waals surface area contributed by atoms with Crippen LogP contribution >= 0.6 is 0 Å². The van der Waals surface area contributed by atoms with Gasteiger partial charge in [0.15, 0.2) is 5.69 Å². The molecule has 0 fully saturated rings. The van der Waals surface area contributed by atoms with E-state index in [0.717, 1.165) is 6.42 Å². The Hall–Kier alpha value is -2.43. The molecule has 0 bridgehead atoms. The van der Waals surface area contributed by atoms with E-state index in [1.807, 2.05) is 30.3 Å². The fourth-order valence-corrected chi connectivity index (χ4v) is 1.53. The molecule has 2 aromatic rings. The molecule has 5 heteroatoms. The summed E-state index contributed by atoms with van der Waals surface area (Å²) >= 11 is 0. The molecule has 0 unspecified atom stereocenters. The number of nitrogens with zero attached hydrogens (tertiary/aromatic N) is 2. The van der Waals surface area contributed by atoms with Crippen molar-refractivity contribution in [2.24, 2.45) is 0 Å². The van der Waals surface area contributed by atoms with E-state index in [9.17, 15) is 4.79 Å². The largest absolute Gasteiger partial charge is 0.477 e. The van der Waals surface area contributed by atoms with Gasteiger partial charge in [0.2, 0.25) is 5.95 Å². The molecule has 0 saturated heterocycles. The van der Waals surface area contributed by atoms with Crippen LogP contribution in [0.15, 0.2) is 42.6 Å². The van der Waals surface area contributed by atoms with E-state index in [2.05, 4.69) is 15.3 Å². The molecule has 0 atom stereocenters. The fourth-order valence-electron chi connectivity index (χ4n) is 1.53. The number of aromatic nitrogens is 2. The summed E-state index contributed by atoms with van der Waals surface area (Å²) in [6, 6.07) is 11.4. The summed E-state index contributed by atoms with van der Waals surface area (Å²) in [4.78, 5) is 18.6. The van der Waals surface area contributed by atoms with Crippen molar-refractivity contribution >= 4 is 11.9 Å². The van der Waals surface area contributed by atoms with Gasteiger partial charge in [-0.3, -0.25) is 0 Å². The molecule has 1 aromatic carbocycles. The Morgan fingerprint density at radius 1 is 1.22 bits per heavy atom. The molecule has 5 nitrogen and oxygen atoms in total. The summed E-state index contributed by atoms with van der Waals surface area (Å²) < 4.78 is 0. The van der Waals surface area contributed by atoms with E-state index in [1.54, 1.807) is 0 Å². The van der Waals surface area contributed by atoms with Crippen molar-refractivity contribution in [1.82, 2.24) is 9.97 Å². The zero-order chi connectivity index (χ0) is 12.8. The number of anilines is 1. The van der Waals surface area contributed by atoms with Crippen molar-refractivity contribution in [1.29, 1.82) is 0 Å². The minimum absolute atomic E-state index is 0.00721. The highest BCUT2D eigenvalue weighted by Crippen LogP contribution is 2.03. The molecule has 0 saturated carbocycles. The van der Waals surface area contributed by atoms with Gasteiger partial charge in [-0.05, 0) is 18.1 Å². The van der Waals surface area contributed by atoms with Crippen LogP contribution in [0.25, 0.3) is 0 Å². The zero-order valence-electron chi connectivity index (χ0n) is 9.71. The van der Waals surface area contributed by atoms with E-state index >= 15 is 0 Å². The molecule has 0 aliphatic carbocycles. The quantitative estimate of drug-likeness (QED) is 0.838. The van der Waals surface area contributed by atoms with Crippen molar-refractivity contribution in [3.63, 3.8) is 0 Å². The van der Waals surface area contributed by atoms with Gasteiger partial charge in [-0.1, -0.05) is 30.3 Å². The van der Waals surface area contributed by atoms with Crippen LogP contribution in [0, 0.1) is 0 Å². The summed E-state index contributed by atoms with van der Waals surface area (Å²) in [6.45, 7) is 0.660. The fraction of sp³-hybridized carbons (Fsp3) is 0.154. The molecule has 1 heterocycles. The molecule has 18 heavy (non-hydrogen) atoms. The van der Waals surface area contributed by atoms with E-state index in [-0.39, 0.29) is 5.69 Å². The van der Waals surface area contributed by atoms with Crippen molar-refractivity contribution < 1.29 is 9.90 Å². The second kappa shape index (κ2) is 5.77. The summed E-state index contributed by atoms with van der Waals surface area (Å²) in [7, 11) is 0. The molecule has 0 amide bonds. The van der Waals surface area contributed by atoms with Gasteiger partial charge in [-0.2, -0.15) is 0 Å². The normalized spacial score (nSPS) is 10.0. The SMILES string of the molecule is O=C(O)c1ccnc(NCCc2ccccc2)n1. The highest BCUT2D eigenvalue weighted by atomic mass is 16.4. The number of aromatic carboxylic acids is 1. The summed E-state index contributed by atoms with van der Waals surface area (Å²) in [5, 5.41) is 11.8. The predicted octanol–water partition coefficient (Wildman–Crippen LogP) is 1.83. The Kier molecular flexibility index (Phi) is 3.86. The zero-order valence-corrected chi connectivity index (χ0v) is 9.71. The second-order valence-electron chi connectivity index (χ2n) is 3.73. The van der Waals surface area contributed by atoms with Crippen LogP contribution in [0.3, 0.4) is 0 Å². The summed E-state index contributed by atoms with van der Waals surface area (Å²) in [6.07, 6.45) is 2.27. The molecule has 0 radical (unpaired) electrons. The first-order valence-corrected chi connectivity index (χ1v) is 5.60. The van der Waals surface area contributed by atoms with Crippen LogP contribution in [-0.2, 0) is 6.42 Å². The van der Waals surface area contributed by atoms with Gasteiger partial charge >= 0.3 is 5.97 Å². The van der Waals surface area contributed by atoms with Gasteiger partial charge in [0, 0.05) is 12.7 Å². The highest BCUT2D eigenvalue weighted by molar-refractivity contribution is 5.85. The van der Waals surface area contributed by atoms with Gasteiger partial charge < -0.3 is 10.4 Å². The average Bonchev–Trinajstić information content (AvgIpc) is 2.40. The lowest BCUT2D eigenvalue weighted by Gasteiger charge is -2.05. The third-order valence-corrected chi connectivity index (χ3v) is 2.41. The lowest BCUT2D eigenvalue weighted by molar-refractivity contribution is 0.0690. The first-order valence-electron chi connectivity index (χ1n) is 5.60. The topological polar surface area (TPSA) is 75.1 Å². The van der Waals surface area contributed by atoms with Gasteiger partial charge in [0.25, 0.3) is 0 Å². The maximum absolute atomic E-state index is 10.7. The monoisotopic (exact) mass is 243 g/mol. The number of carboxylic acid groups (broad SMARTS) is 1. The van der Waals surface area contributed by atoms with Gasteiger partial charge in [-0.25, -0.2) is 14.8 Å². The number of nitrogens with one attached hydrogen (secondary N) is 1. The van der Waals surface area contributed by atoms with E-state index in [4.69, 9.17) is 5.11 Å². The Balaban J connectivity index is 1.90. The Morgan fingerprint density at radius 2 is 2.00 bits per heavy atom. The lowest BCUT2D eigenvalue weighted by Crippen LogP contribution is -2.10. The summed E-state index contributed by atoms with van der Waals surface area (Å²) in [5.74, 6) is -0.714. The Bertz CT molecular complexity index is 529. The minimum Gasteiger partial charge on any atom is -0.477 e. The third kappa shape index (κ3) is 3.28. The third-order valence-electron chi connectivity index (χ3n) is 2.41. The lowest BCUT2D eigenvalue weighted by atomic mass is 10.1. The predicted molar refractivity (Wildman–Crippen MR) is 67.6 cm³/mol. The number of carboxylic acids is 1.